The number of rotatable bonds is 7. The molecule has 2 fully saturated rings. The molecule has 2 atom stereocenters. The number of nitrogens with one attached hydrogen (secondary N) is 1. The Morgan fingerprint density at radius 2 is 1.72 bits per heavy atom. The molecule has 7 heteroatoms. The highest BCUT2D eigenvalue weighted by molar-refractivity contribution is 7.89. The SMILES string of the molecule is CCCc1ccc(S(=O)(=O)N2CCN(CC(=O)N[C@H]3CCCC[C@H]3C)CC2)cc1. The maximum absolute atomic E-state index is 12.9. The number of piperazine rings is 1. The summed E-state index contributed by atoms with van der Waals surface area (Å²) in [5.74, 6) is 0.602. The van der Waals surface area contributed by atoms with Crippen LogP contribution in [0.2, 0.25) is 0 Å². The largest absolute Gasteiger partial charge is 0.352 e. The van der Waals surface area contributed by atoms with E-state index in [2.05, 4.69) is 24.1 Å². The molecule has 1 N–H and O–H groups in total. The van der Waals surface area contributed by atoms with Crippen molar-refractivity contribution in [2.45, 2.75) is 63.3 Å². The standard InChI is InChI=1S/C22H35N3O3S/c1-3-6-19-9-11-20(12-10-19)29(27,28)25-15-13-24(14-16-25)17-22(26)23-21-8-5-4-7-18(21)2/h9-12,18,21H,3-8,13-17H2,1-2H3,(H,23,26)/t18-,21+/m1/s1. The molecule has 1 aliphatic carbocycles. The van der Waals surface area contributed by atoms with Crippen LogP contribution in [0.15, 0.2) is 29.2 Å². The third-order valence-corrected chi connectivity index (χ3v) is 8.17. The van der Waals surface area contributed by atoms with E-state index in [1.54, 1.807) is 16.4 Å². The molecule has 0 radical (unpaired) electrons. The van der Waals surface area contributed by atoms with Crippen molar-refractivity contribution in [3.8, 4) is 0 Å². The van der Waals surface area contributed by atoms with Crippen molar-refractivity contribution in [1.29, 1.82) is 0 Å². The molecule has 1 amide bonds. The zero-order chi connectivity index (χ0) is 20.9. The number of hydrogen-bond donors (Lipinski definition) is 1. The van der Waals surface area contributed by atoms with Crippen LogP contribution < -0.4 is 5.32 Å². The molecule has 0 bridgehead atoms. The van der Waals surface area contributed by atoms with Crippen molar-refractivity contribution in [2.75, 3.05) is 32.7 Å². The molecular formula is C22H35N3O3S. The molecule has 1 aromatic carbocycles. The van der Waals surface area contributed by atoms with Crippen molar-refractivity contribution in [2.24, 2.45) is 5.92 Å². The van der Waals surface area contributed by atoms with Gasteiger partial charge in [0.05, 0.1) is 11.4 Å². The Hall–Kier alpha value is -1.44. The van der Waals surface area contributed by atoms with Gasteiger partial charge in [-0.2, -0.15) is 4.31 Å². The molecule has 1 saturated heterocycles. The average molecular weight is 422 g/mol. The topological polar surface area (TPSA) is 69.7 Å². The van der Waals surface area contributed by atoms with E-state index < -0.39 is 10.0 Å². The van der Waals surface area contributed by atoms with Crippen LogP contribution in [-0.2, 0) is 21.2 Å². The van der Waals surface area contributed by atoms with Crippen LogP contribution in [0.5, 0.6) is 0 Å². The second-order valence-corrected chi connectivity index (χ2v) is 10.4. The number of nitrogens with zero attached hydrogens (tertiary/aromatic N) is 2. The van der Waals surface area contributed by atoms with Crippen molar-refractivity contribution in [3.05, 3.63) is 29.8 Å². The fourth-order valence-electron chi connectivity index (χ4n) is 4.38. The monoisotopic (exact) mass is 421 g/mol. The summed E-state index contributed by atoms with van der Waals surface area (Å²) in [7, 11) is -3.47. The molecule has 29 heavy (non-hydrogen) atoms. The van der Waals surface area contributed by atoms with Gasteiger partial charge in [0.15, 0.2) is 0 Å². The van der Waals surface area contributed by atoms with E-state index in [0.717, 1.165) is 24.8 Å². The van der Waals surface area contributed by atoms with E-state index >= 15 is 0 Å². The average Bonchev–Trinajstić information content (AvgIpc) is 2.71. The first-order chi connectivity index (χ1) is 13.9. The molecule has 6 nitrogen and oxygen atoms in total. The maximum Gasteiger partial charge on any atom is 0.243 e. The van der Waals surface area contributed by atoms with Crippen molar-refractivity contribution in [1.82, 2.24) is 14.5 Å². The first-order valence-electron chi connectivity index (χ1n) is 11.0. The maximum atomic E-state index is 12.9. The van der Waals surface area contributed by atoms with Crippen LogP contribution in [0.4, 0.5) is 0 Å². The molecule has 0 spiro atoms. The van der Waals surface area contributed by atoms with Gasteiger partial charge in [0, 0.05) is 32.2 Å². The molecule has 1 aliphatic heterocycles. The fourth-order valence-corrected chi connectivity index (χ4v) is 5.80. The lowest BCUT2D eigenvalue weighted by molar-refractivity contribution is -0.123. The lowest BCUT2D eigenvalue weighted by Crippen LogP contribution is -2.52. The van der Waals surface area contributed by atoms with Crippen LogP contribution in [0, 0.1) is 5.92 Å². The minimum Gasteiger partial charge on any atom is -0.352 e. The van der Waals surface area contributed by atoms with Gasteiger partial charge >= 0.3 is 0 Å². The van der Waals surface area contributed by atoms with E-state index in [9.17, 15) is 13.2 Å². The smallest absolute Gasteiger partial charge is 0.243 e. The number of carbonyl (C=O) groups is 1. The second-order valence-electron chi connectivity index (χ2n) is 8.51. The summed E-state index contributed by atoms with van der Waals surface area (Å²) in [6, 6.07) is 7.53. The minimum atomic E-state index is -3.47. The molecular weight excluding hydrogens is 386 g/mol. The number of hydrogen-bond acceptors (Lipinski definition) is 4. The molecule has 1 heterocycles. The van der Waals surface area contributed by atoms with Gasteiger partial charge in [-0.05, 0) is 42.9 Å². The number of carbonyl (C=O) groups excluding carboxylic acids is 1. The van der Waals surface area contributed by atoms with Crippen LogP contribution in [-0.4, -0.2) is 62.3 Å². The summed E-state index contributed by atoms with van der Waals surface area (Å²) < 4.78 is 27.4. The van der Waals surface area contributed by atoms with Gasteiger partial charge in [-0.3, -0.25) is 9.69 Å². The van der Waals surface area contributed by atoms with Crippen LogP contribution in [0.3, 0.4) is 0 Å². The van der Waals surface area contributed by atoms with Gasteiger partial charge in [0.1, 0.15) is 0 Å². The van der Waals surface area contributed by atoms with Gasteiger partial charge < -0.3 is 5.32 Å². The third kappa shape index (κ3) is 5.80. The number of amides is 1. The highest BCUT2D eigenvalue weighted by Gasteiger charge is 2.30. The first-order valence-corrected chi connectivity index (χ1v) is 12.4. The predicted molar refractivity (Wildman–Crippen MR) is 115 cm³/mol. The quantitative estimate of drug-likeness (QED) is 0.735. The van der Waals surface area contributed by atoms with E-state index in [1.807, 2.05) is 12.1 Å². The normalized spacial score (nSPS) is 24.3. The number of benzene rings is 1. The molecule has 162 valence electrons. The zero-order valence-electron chi connectivity index (χ0n) is 17.8. The van der Waals surface area contributed by atoms with Crippen molar-refractivity contribution < 1.29 is 13.2 Å². The molecule has 3 rings (SSSR count). The third-order valence-electron chi connectivity index (χ3n) is 6.26. The lowest BCUT2D eigenvalue weighted by Gasteiger charge is -2.34. The van der Waals surface area contributed by atoms with Crippen LogP contribution in [0.25, 0.3) is 0 Å². The van der Waals surface area contributed by atoms with E-state index in [4.69, 9.17) is 0 Å². The minimum absolute atomic E-state index is 0.0616. The summed E-state index contributed by atoms with van der Waals surface area (Å²) in [6.07, 6.45) is 6.69. The summed E-state index contributed by atoms with van der Waals surface area (Å²) in [5.41, 5.74) is 1.16. The molecule has 2 aliphatic rings. The Morgan fingerprint density at radius 1 is 1.07 bits per heavy atom. The molecule has 1 aromatic rings. The summed E-state index contributed by atoms with van der Waals surface area (Å²) in [4.78, 5) is 14.8. The molecule has 1 saturated carbocycles. The Labute approximate surface area is 175 Å². The number of sulfonamides is 1. The van der Waals surface area contributed by atoms with E-state index in [-0.39, 0.29) is 11.9 Å². The second kappa shape index (κ2) is 10.0. The fraction of sp³-hybridized carbons (Fsp3) is 0.682. The van der Waals surface area contributed by atoms with Crippen LogP contribution in [0.1, 0.15) is 51.5 Å². The van der Waals surface area contributed by atoms with Gasteiger partial charge in [-0.15, -0.1) is 0 Å². The van der Waals surface area contributed by atoms with Crippen molar-refractivity contribution >= 4 is 15.9 Å². The Bertz CT molecular complexity index is 771. The van der Waals surface area contributed by atoms with Gasteiger partial charge in [-0.25, -0.2) is 8.42 Å². The van der Waals surface area contributed by atoms with Gasteiger partial charge in [0.2, 0.25) is 15.9 Å². The highest BCUT2D eigenvalue weighted by atomic mass is 32.2. The predicted octanol–water partition coefficient (Wildman–Crippen LogP) is 2.64. The van der Waals surface area contributed by atoms with E-state index in [1.165, 1.54) is 19.3 Å². The summed E-state index contributed by atoms with van der Waals surface area (Å²) >= 11 is 0. The number of aryl methyl sites for hydroxylation is 1. The Kier molecular flexibility index (Phi) is 7.71. The van der Waals surface area contributed by atoms with Gasteiger partial charge in [-0.1, -0.05) is 45.2 Å². The highest BCUT2D eigenvalue weighted by Crippen LogP contribution is 2.24. The first kappa shape index (κ1) is 22.2. The molecule has 0 aromatic heterocycles. The Balaban J connectivity index is 1.49. The van der Waals surface area contributed by atoms with E-state index in [0.29, 0.717) is 43.5 Å². The lowest BCUT2D eigenvalue weighted by atomic mass is 9.86. The van der Waals surface area contributed by atoms with Crippen molar-refractivity contribution in [3.63, 3.8) is 0 Å². The van der Waals surface area contributed by atoms with Gasteiger partial charge in [0.25, 0.3) is 0 Å². The summed E-state index contributed by atoms with van der Waals surface area (Å²) in [6.45, 7) is 6.69. The summed E-state index contributed by atoms with van der Waals surface area (Å²) in [5, 5.41) is 3.19. The Morgan fingerprint density at radius 3 is 2.34 bits per heavy atom. The van der Waals surface area contributed by atoms with Crippen LogP contribution >= 0.6 is 0 Å². The molecule has 0 unspecified atom stereocenters. The zero-order valence-corrected chi connectivity index (χ0v) is 18.6.